The molecule has 1 fully saturated rings. The van der Waals surface area contributed by atoms with Crippen LogP contribution in [0.25, 0.3) is 0 Å². The number of aromatic nitrogens is 2. The summed E-state index contributed by atoms with van der Waals surface area (Å²) >= 11 is 0. The van der Waals surface area contributed by atoms with Crippen molar-refractivity contribution < 1.29 is 9.53 Å². The predicted octanol–water partition coefficient (Wildman–Crippen LogP) is 3.02. The van der Waals surface area contributed by atoms with Crippen LogP contribution in [-0.2, 0) is 11.2 Å². The minimum Gasteiger partial charge on any atom is -0.385 e. The predicted molar refractivity (Wildman–Crippen MR) is 106 cm³/mol. The van der Waals surface area contributed by atoms with Gasteiger partial charge in [-0.1, -0.05) is 30.3 Å². The van der Waals surface area contributed by atoms with Gasteiger partial charge in [-0.05, 0) is 37.2 Å². The highest BCUT2D eigenvalue weighted by Crippen LogP contribution is 2.22. The third kappa shape index (κ3) is 5.76. The van der Waals surface area contributed by atoms with Crippen LogP contribution in [0, 0.1) is 5.92 Å². The molecule has 27 heavy (non-hydrogen) atoms. The third-order valence-corrected chi connectivity index (χ3v) is 4.99. The van der Waals surface area contributed by atoms with Crippen molar-refractivity contribution in [3.8, 4) is 0 Å². The standard InChI is InChI=1S/C21H28N4O2/c1-27-13-5-10-22-20-15-19(23-16-24-20)21(26)25-11-8-18(9-12-25)14-17-6-3-2-4-7-17/h2-4,6-7,15-16,18H,5,8-14H2,1H3,(H,22,23,24). The van der Waals surface area contributed by atoms with E-state index in [1.807, 2.05) is 11.0 Å². The van der Waals surface area contributed by atoms with E-state index in [0.717, 1.165) is 45.3 Å². The summed E-state index contributed by atoms with van der Waals surface area (Å²) in [5.74, 6) is 1.32. The lowest BCUT2D eigenvalue weighted by Gasteiger charge is -2.32. The van der Waals surface area contributed by atoms with Crippen molar-refractivity contribution in [2.45, 2.75) is 25.7 Å². The third-order valence-electron chi connectivity index (χ3n) is 4.99. The molecule has 3 rings (SSSR count). The highest BCUT2D eigenvalue weighted by molar-refractivity contribution is 5.92. The van der Waals surface area contributed by atoms with Gasteiger partial charge in [0.05, 0.1) is 0 Å². The molecule has 6 nitrogen and oxygen atoms in total. The van der Waals surface area contributed by atoms with Gasteiger partial charge in [0.2, 0.25) is 0 Å². The number of piperidine rings is 1. The first-order chi connectivity index (χ1) is 13.3. The summed E-state index contributed by atoms with van der Waals surface area (Å²) in [6.07, 6.45) is 5.50. The number of likely N-dealkylation sites (tertiary alicyclic amines) is 1. The van der Waals surface area contributed by atoms with Gasteiger partial charge in [0.25, 0.3) is 5.91 Å². The van der Waals surface area contributed by atoms with E-state index in [2.05, 4.69) is 39.6 Å². The molecule has 0 aliphatic carbocycles. The summed E-state index contributed by atoms with van der Waals surface area (Å²) in [6, 6.07) is 12.3. The molecule has 1 amide bonds. The van der Waals surface area contributed by atoms with Crippen LogP contribution in [0.3, 0.4) is 0 Å². The van der Waals surface area contributed by atoms with E-state index in [-0.39, 0.29) is 5.91 Å². The van der Waals surface area contributed by atoms with Gasteiger partial charge < -0.3 is 15.0 Å². The Morgan fingerprint density at radius 1 is 1.22 bits per heavy atom. The SMILES string of the molecule is COCCCNc1cc(C(=O)N2CCC(Cc3ccccc3)CC2)ncn1. The van der Waals surface area contributed by atoms with E-state index in [9.17, 15) is 4.79 Å². The number of carbonyl (C=O) groups excluding carboxylic acids is 1. The molecule has 1 N–H and O–H groups in total. The van der Waals surface area contributed by atoms with E-state index in [0.29, 0.717) is 24.0 Å². The first-order valence-corrected chi connectivity index (χ1v) is 9.64. The topological polar surface area (TPSA) is 67.3 Å². The Balaban J connectivity index is 1.50. The van der Waals surface area contributed by atoms with Crippen molar-refractivity contribution in [2.24, 2.45) is 5.92 Å². The first kappa shape index (κ1) is 19.3. The second kappa shape index (κ2) is 10.0. The Morgan fingerprint density at radius 3 is 2.74 bits per heavy atom. The number of carbonyl (C=O) groups is 1. The van der Waals surface area contributed by atoms with Crippen molar-refractivity contribution in [3.63, 3.8) is 0 Å². The second-order valence-electron chi connectivity index (χ2n) is 6.99. The van der Waals surface area contributed by atoms with Gasteiger partial charge in [-0.25, -0.2) is 9.97 Å². The number of nitrogens with zero attached hydrogens (tertiary/aromatic N) is 3. The zero-order valence-corrected chi connectivity index (χ0v) is 15.9. The minimum atomic E-state index is -0.00416. The summed E-state index contributed by atoms with van der Waals surface area (Å²) in [4.78, 5) is 23.1. The quantitative estimate of drug-likeness (QED) is 0.726. The molecule has 0 saturated carbocycles. The number of hydrogen-bond donors (Lipinski definition) is 1. The first-order valence-electron chi connectivity index (χ1n) is 9.64. The lowest BCUT2D eigenvalue weighted by Crippen LogP contribution is -2.39. The number of ether oxygens (including phenoxy) is 1. The maximum atomic E-state index is 12.8. The van der Waals surface area contributed by atoms with Crippen LogP contribution in [0.4, 0.5) is 5.82 Å². The summed E-state index contributed by atoms with van der Waals surface area (Å²) in [6.45, 7) is 3.03. The van der Waals surface area contributed by atoms with Crippen molar-refractivity contribution >= 4 is 11.7 Å². The average Bonchev–Trinajstić information content (AvgIpc) is 2.72. The highest BCUT2D eigenvalue weighted by atomic mass is 16.5. The van der Waals surface area contributed by atoms with Crippen LogP contribution in [0.5, 0.6) is 0 Å². The molecule has 0 bridgehead atoms. The van der Waals surface area contributed by atoms with Crippen LogP contribution in [0.15, 0.2) is 42.7 Å². The van der Waals surface area contributed by atoms with Crippen molar-refractivity contribution in [3.05, 3.63) is 54.0 Å². The van der Waals surface area contributed by atoms with Crippen LogP contribution < -0.4 is 5.32 Å². The lowest BCUT2D eigenvalue weighted by molar-refractivity contribution is 0.0684. The molecule has 1 aliphatic rings. The minimum absolute atomic E-state index is 0.00416. The van der Waals surface area contributed by atoms with Crippen LogP contribution in [0.1, 0.15) is 35.3 Å². The van der Waals surface area contributed by atoms with Gasteiger partial charge in [-0.3, -0.25) is 4.79 Å². The van der Waals surface area contributed by atoms with Crippen LogP contribution in [-0.4, -0.2) is 54.1 Å². The number of amides is 1. The Morgan fingerprint density at radius 2 is 2.00 bits per heavy atom. The Bertz CT molecular complexity index is 715. The second-order valence-corrected chi connectivity index (χ2v) is 6.99. The normalized spacial score (nSPS) is 14.9. The Labute approximate surface area is 161 Å². The van der Waals surface area contributed by atoms with E-state index in [1.165, 1.54) is 11.9 Å². The van der Waals surface area contributed by atoms with E-state index < -0.39 is 0 Å². The maximum Gasteiger partial charge on any atom is 0.272 e. The molecular formula is C21H28N4O2. The monoisotopic (exact) mass is 368 g/mol. The van der Waals surface area contributed by atoms with E-state index >= 15 is 0 Å². The maximum absolute atomic E-state index is 12.8. The molecular weight excluding hydrogens is 340 g/mol. The van der Waals surface area contributed by atoms with E-state index in [1.54, 1.807) is 13.2 Å². The molecule has 1 saturated heterocycles. The lowest BCUT2D eigenvalue weighted by atomic mass is 9.90. The zero-order valence-electron chi connectivity index (χ0n) is 15.9. The number of methoxy groups -OCH3 is 1. The number of anilines is 1. The molecule has 0 spiro atoms. The number of rotatable bonds is 8. The Hall–Kier alpha value is -2.47. The van der Waals surface area contributed by atoms with Gasteiger partial charge in [0.15, 0.2) is 0 Å². The van der Waals surface area contributed by atoms with Gasteiger partial charge in [0, 0.05) is 39.4 Å². The van der Waals surface area contributed by atoms with Crippen molar-refractivity contribution in [1.82, 2.24) is 14.9 Å². The Kier molecular flexibility index (Phi) is 7.16. The molecule has 0 atom stereocenters. The highest BCUT2D eigenvalue weighted by Gasteiger charge is 2.24. The molecule has 1 aromatic heterocycles. The fraction of sp³-hybridized carbons (Fsp3) is 0.476. The molecule has 0 unspecified atom stereocenters. The molecule has 2 heterocycles. The number of nitrogens with one attached hydrogen (secondary N) is 1. The van der Waals surface area contributed by atoms with Crippen LogP contribution >= 0.6 is 0 Å². The average molecular weight is 368 g/mol. The fourth-order valence-corrected chi connectivity index (χ4v) is 3.45. The smallest absolute Gasteiger partial charge is 0.272 e. The number of hydrogen-bond acceptors (Lipinski definition) is 5. The van der Waals surface area contributed by atoms with Gasteiger partial charge >= 0.3 is 0 Å². The molecule has 1 aliphatic heterocycles. The molecule has 1 aromatic carbocycles. The van der Waals surface area contributed by atoms with Gasteiger partial charge in [-0.2, -0.15) is 0 Å². The molecule has 6 heteroatoms. The molecule has 0 radical (unpaired) electrons. The van der Waals surface area contributed by atoms with Crippen molar-refractivity contribution in [1.29, 1.82) is 0 Å². The summed E-state index contributed by atoms with van der Waals surface area (Å²) in [5, 5.41) is 3.21. The van der Waals surface area contributed by atoms with Crippen LogP contribution in [0.2, 0.25) is 0 Å². The zero-order chi connectivity index (χ0) is 18.9. The number of benzene rings is 1. The van der Waals surface area contributed by atoms with Gasteiger partial charge in [-0.15, -0.1) is 0 Å². The molecule has 144 valence electrons. The summed E-state index contributed by atoms with van der Waals surface area (Å²) < 4.78 is 5.03. The summed E-state index contributed by atoms with van der Waals surface area (Å²) in [7, 11) is 1.69. The van der Waals surface area contributed by atoms with Crippen molar-refractivity contribution in [2.75, 3.05) is 38.7 Å². The molecule has 2 aromatic rings. The van der Waals surface area contributed by atoms with E-state index in [4.69, 9.17) is 4.74 Å². The van der Waals surface area contributed by atoms with Gasteiger partial charge in [0.1, 0.15) is 17.8 Å². The largest absolute Gasteiger partial charge is 0.385 e. The fourth-order valence-electron chi connectivity index (χ4n) is 3.45. The summed E-state index contributed by atoms with van der Waals surface area (Å²) in [5.41, 5.74) is 1.84.